The molecule has 20 heavy (non-hydrogen) atoms. The third-order valence-corrected chi connectivity index (χ3v) is 2.96. The van der Waals surface area contributed by atoms with Crippen molar-refractivity contribution in [2.45, 2.75) is 20.0 Å². The minimum Gasteiger partial charge on any atom is -0.323 e. The van der Waals surface area contributed by atoms with Crippen LogP contribution in [0.4, 0.5) is 5.69 Å². The van der Waals surface area contributed by atoms with Crippen LogP contribution in [0.15, 0.2) is 24.4 Å². The first-order valence-electron chi connectivity index (χ1n) is 6.18. The molecule has 1 aromatic carbocycles. The summed E-state index contributed by atoms with van der Waals surface area (Å²) >= 11 is 6.06. The summed E-state index contributed by atoms with van der Waals surface area (Å²) < 4.78 is 1.49. The van der Waals surface area contributed by atoms with Gasteiger partial charge in [0.15, 0.2) is 0 Å². The van der Waals surface area contributed by atoms with E-state index in [9.17, 15) is 4.79 Å². The number of hydrogen-bond acceptors (Lipinski definition) is 4. The molecule has 0 saturated carbocycles. The number of halogens is 1. The maximum Gasteiger partial charge on any atom is 0.246 e. The number of benzene rings is 1. The highest BCUT2D eigenvalue weighted by Gasteiger charge is 2.08. The average molecular weight is 294 g/mol. The summed E-state index contributed by atoms with van der Waals surface area (Å²) in [6, 6.07) is 5.48. The first kappa shape index (κ1) is 14.5. The molecule has 0 unspecified atom stereocenters. The molecule has 0 radical (unpaired) electrons. The maximum absolute atomic E-state index is 11.9. The molecule has 0 aliphatic rings. The molecule has 0 spiro atoms. The van der Waals surface area contributed by atoms with Crippen molar-refractivity contribution in [1.29, 1.82) is 0 Å². The van der Waals surface area contributed by atoms with Crippen molar-refractivity contribution in [1.82, 2.24) is 20.3 Å². The van der Waals surface area contributed by atoms with Gasteiger partial charge in [-0.05, 0) is 31.7 Å². The second-order valence-electron chi connectivity index (χ2n) is 4.47. The fraction of sp³-hybridized carbons (Fsp3) is 0.308. The number of hydrogen-bond donors (Lipinski definition) is 2. The lowest BCUT2D eigenvalue weighted by Crippen LogP contribution is -2.19. The van der Waals surface area contributed by atoms with E-state index in [1.54, 1.807) is 18.3 Å². The molecule has 6 nitrogen and oxygen atoms in total. The van der Waals surface area contributed by atoms with E-state index in [1.807, 2.05) is 20.0 Å². The highest BCUT2D eigenvalue weighted by atomic mass is 35.5. The molecule has 2 N–H and O–H groups in total. The molecule has 0 saturated heterocycles. The Morgan fingerprint density at radius 1 is 1.45 bits per heavy atom. The smallest absolute Gasteiger partial charge is 0.246 e. The number of anilines is 1. The highest BCUT2D eigenvalue weighted by Crippen LogP contribution is 2.22. The van der Waals surface area contributed by atoms with Crippen LogP contribution >= 0.6 is 11.6 Å². The molecule has 1 heterocycles. The van der Waals surface area contributed by atoms with Crippen LogP contribution in [-0.2, 0) is 17.9 Å². The Hall–Kier alpha value is -1.92. The Kier molecular flexibility index (Phi) is 4.70. The van der Waals surface area contributed by atoms with E-state index in [-0.39, 0.29) is 12.5 Å². The van der Waals surface area contributed by atoms with Gasteiger partial charge < -0.3 is 10.6 Å². The Labute approximate surface area is 122 Å². The van der Waals surface area contributed by atoms with Gasteiger partial charge in [-0.2, -0.15) is 0 Å². The quantitative estimate of drug-likeness (QED) is 0.878. The van der Waals surface area contributed by atoms with E-state index in [0.717, 1.165) is 11.3 Å². The molecular weight excluding hydrogens is 278 g/mol. The largest absolute Gasteiger partial charge is 0.323 e. The van der Waals surface area contributed by atoms with Gasteiger partial charge in [-0.25, -0.2) is 4.68 Å². The van der Waals surface area contributed by atoms with E-state index < -0.39 is 0 Å². The van der Waals surface area contributed by atoms with Crippen LogP contribution in [0.25, 0.3) is 0 Å². The van der Waals surface area contributed by atoms with Crippen molar-refractivity contribution >= 4 is 23.2 Å². The van der Waals surface area contributed by atoms with Crippen LogP contribution in [0.2, 0.25) is 5.02 Å². The molecule has 0 aliphatic carbocycles. The van der Waals surface area contributed by atoms with Crippen LogP contribution in [0.5, 0.6) is 0 Å². The fourth-order valence-electron chi connectivity index (χ4n) is 1.74. The molecule has 0 bridgehead atoms. The number of aromatic nitrogens is 3. The monoisotopic (exact) mass is 293 g/mol. The lowest BCUT2D eigenvalue weighted by Gasteiger charge is -2.07. The number of carbonyl (C=O) groups excluding carboxylic acids is 1. The summed E-state index contributed by atoms with van der Waals surface area (Å²) in [5.41, 5.74) is 2.42. The number of nitrogens with one attached hydrogen (secondary N) is 2. The third kappa shape index (κ3) is 3.79. The van der Waals surface area contributed by atoms with Crippen molar-refractivity contribution in [3.8, 4) is 0 Å². The molecule has 0 aliphatic heterocycles. The van der Waals surface area contributed by atoms with Crippen molar-refractivity contribution < 1.29 is 4.79 Å². The molecular formula is C13H16ClN5O. The van der Waals surface area contributed by atoms with Crippen LogP contribution < -0.4 is 10.6 Å². The Bertz CT molecular complexity index is 611. The summed E-state index contributed by atoms with van der Waals surface area (Å²) in [7, 11) is 1.82. The van der Waals surface area contributed by atoms with Gasteiger partial charge in [-0.15, -0.1) is 5.10 Å². The van der Waals surface area contributed by atoms with Gasteiger partial charge in [-0.3, -0.25) is 4.79 Å². The van der Waals surface area contributed by atoms with Gasteiger partial charge >= 0.3 is 0 Å². The van der Waals surface area contributed by atoms with Gasteiger partial charge in [0.2, 0.25) is 5.91 Å². The summed E-state index contributed by atoms with van der Waals surface area (Å²) in [6.45, 7) is 2.66. The first-order chi connectivity index (χ1) is 9.58. The zero-order chi connectivity index (χ0) is 14.5. The summed E-state index contributed by atoms with van der Waals surface area (Å²) in [5.74, 6) is -0.198. The third-order valence-electron chi connectivity index (χ3n) is 2.65. The minimum atomic E-state index is -0.198. The van der Waals surface area contributed by atoms with Gasteiger partial charge in [0, 0.05) is 6.54 Å². The maximum atomic E-state index is 11.9. The second kappa shape index (κ2) is 6.49. The Balaban J connectivity index is 1.97. The zero-order valence-electron chi connectivity index (χ0n) is 11.4. The highest BCUT2D eigenvalue weighted by molar-refractivity contribution is 6.33. The van der Waals surface area contributed by atoms with Gasteiger partial charge in [0.25, 0.3) is 0 Å². The van der Waals surface area contributed by atoms with Gasteiger partial charge in [0.05, 0.1) is 22.6 Å². The van der Waals surface area contributed by atoms with Gasteiger partial charge in [-0.1, -0.05) is 22.9 Å². The molecule has 0 atom stereocenters. The minimum absolute atomic E-state index is 0.0981. The summed E-state index contributed by atoms with van der Waals surface area (Å²) in [4.78, 5) is 11.9. The fourth-order valence-corrected chi connectivity index (χ4v) is 2.02. The molecule has 7 heteroatoms. The Morgan fingerprint density at radius 3 is 2.95 bits per heavy atom. The average Bonchev–Trinajstić information content (AvgIpc) is 2.81. The molecule has 1 aromatic heterocycles. The van der Waals surface area contributed by atoms with Crippen molar-refractivity contribution in [3.05, 3.63) is 40.7 Å². The molecule has 2 aromatic rings. The SMILES string of the molecule is CNCc1cn(CC(=O)Nc2ccc(C)cc2Cl)nn1. The summed E-state index contributed by atoms with van der Waals surface area (Å²) in [6.07, 6.45) is 1.73. The Morgan fingerprint density at radius 2 is 2.25 bits per heavy atom. The topological polar surface area (TPSA) is 71.8 Å². The van der Waals surface area contributed by atoms with E-state index in [2.05, 4.69) is 20.9 Å². The number of rotatable bonds is 5. The summed E-state index contributed by atoms with van der Waals surface area (Å²) in [5, 5.41) is 14.1. The lowest BCUT2D eigenvalue weighted by atomic mass is 10.2. The zero-order valence-corrected chi connectivity index (χ0v) is 12.1. The normalized spacial score (nSPS) is 10.6. The second-order valence-corrected chi connectivity index (χ2v) is 4.88. The van der Waals surface area contributed by atoms with E-state index >= 15 is 0 Å². The van der Waals surface area contributed by atoms with Crippen molar-refractivity contribution in [2.24, 2.45) is 0 Å². The molecule has 106 valence electrons. The number of carbonyl (C=O) groups is 1. The molecule has 1 amide bonds. The number of aryl methyl sites for hydroxylation is 1. The standard InChI is InChI=1S/C13H16ClN5O/c1-9-3-4-12(11(14)5-9)16-13(20)8-19-7-10(6-15-2)17-18-19/h3-5,7,15H,6,8H2,1-2H3,(H,16,20). The first-order valence-corrected chi connectivity index (χ1v) is 6.56. The number of nitrogens with zero attached hydrogens (tertiary/aromatic N) is 3. The predicted molar refractivity (Wildman–Crippen MR) is 77.6 cm³/mol. The van der Waals surface area contributed by atoms with E-state index in [1.165, 1.54) is 4.68 Å². The molecule has 0 fully saturated rings. The van der Waals surface area contributed by atoms with Crippen LogP contribution in [-0.4, -0.2) is 27.9 Å². The lowest BCUT2D eigenvalue weighted by molar-refractivity contribution is -0.116. The van der Waals surface area contributed by atoms with Gasteiger partial charge in [0.1, 0.15) is 6.54 Å². The van der Waals surface area contributed by atoms with Crippen LogP contribution in [0, 0.1) is 6.92 Å². The van der Waals surface area contributed by atoms with E-state index in [0.29, 0.717) is 17.3 Å². The molecule has 2 rings (SSSR count). The van der Waals surface area contributed by atoms with Crippen LogP contribution in [0.1, 0.15) is 11.3 Å². The van der Waals surface area contributed by atoms with E-state index in [4.69, 9.17) is 11.6 Å². The number of amides is 1. The van der Waals surface area contributed by atoms with Crippen molar-refractivity contribution in [2.75, 3.05) is 12.4 Å². The van der Waals surface area contributed by atoms with Crippen LogP contribution in [0.3, 0.4) is 0 Å². The van der Waals surface area contributed by atoms with Crippen molar-refractivity contribution in [3.63, 3.8) is 0 Å². The predicted octanol–water partition coefficient (Wildman–Crippen LogP) is 1.60.